The first-order valence-corrected chi connectivity index (χ1v) is 5.59. The molecular weight excluding hydrogens is 202 g/mol. The molecule has 0 aliphatic heterocycles. The van der Waals surface area contributed by atoms with E-state index in [1.165, 1.54) is 6.42 Å². The number of aldehydes is 1. The minimum absolute atomic E-state index is 0.203. The van der Waals surface area contributed by atoms with Crippen LogP contribution in [0.3, 0.4) is 0 Å². The Morgan fingerprint density at radius 1 is 1.38 bits per heavy atom. The summed E-state index contributed by atoms with van der Waals surface area (Å²) < 4.78 is 0. The molecule has 16 heavy (non-hydrogen) atoms. The molecule has 0 saturated heterocycles. The molecule has 2 N–H and O–H groups in total. The quantitative estimate of drug-likeness (QED) is 0.757. The predicted octanol–water partition coefficient (Wildman–Crippen LogP) is 2.95. The highest BCUT2D eigenvalue weighted by Crippen LogP contribution is 2.39. The number of aromatic nitrogens is 1. The highest BCUT2D eigenvalue weighted by atomic mass is 16.3. The Morgan fingerprint density at radius 2 is 2.19 bits per heavy atom. The van der Waals surface area contributed by atoms with Crippen LogP contribution in [0.2, 0.25) is 0 Å². The molecule has 0 atom stereocenters. The Labute approximate surface area is 93.1 Å². The third-order valence-electron chi connectivity index (χ3n) is 3.48. The molecule has 1 aliphatic carbocycles. The smallest absolute Gasteiger partial charge is 0.152 e. The van der Waals surface area contributed by atoms with E-state index >= 15 is 0 Å². The van der Waals surface area contributed by atoms with Gasteiger partial charge in [-0.1, -0.05) is 6.42 Å². The zero-order valence-corrected chi connectivity index (χ0v) is 8.86. The van der Waals surface area contributed by atoms with Crippen LogP contribution in [0, 0.1) is 0 Å². The maximum atomic E-state index is 11.2. The number of hydrogen-bond donors (Lipinski definition) is 2. The van der Waals surface area contributed by atoms with Gasteiger partial charge < -0.3 is 10.1 Å². The second-order valence-electron chi connectivity index (χ2n) is 4.43. The van der Waals surface area contributed by atoms with Crippen molar-refractivity contribution in [2.75, 3.05) is 0 Å². The largest absolute Gasteiger partial charge is 0.508 e. The zero-order chi connectivity index (χ0) is 11.1. The van der Waals surface area contributed by atoms with Gasteiger partial charge in [0.15, 0.2) is 6.29 Å². The Morgan fingerprint density at radius 3 is 2.81 bits per heavy atom. The molecule has 0 amide bonds. The number of benzene rings is 1. The molecule has 0 spiro atoms. The van der Waals surface area contributed by atoms with Gasteiger partial charge in [0.05, 0.1) is 0 Å². The molecule has 2 aromatic rings. The molecule has 3 nitrogen and oxygen atoms in total. The summed E-state index contributed by atoms with van der Waals surface area (Å²) in [6.07, 6.45) is 4.44. The molecule has 0 unspecified atom stereocenters. The maximum Gasteiger partial charge on any atom is 0.152 e. The number of H-pyrrole nitrogens is 1. The second kappa shape index (κ2) is 3.37. The SMILES string of the molecule is O=Cc1c(C2CCC2)[nH]c2ccc(O)cc12. The Hall–Kier alpha value is -1.77. The van der Waals surface area contributed by atoms with E-state index in [-0.39, 0.29) is 5.75 Å². The molecule has 1 aromatic heterocycles. The third kappa shape index (κ3) is 1.24. The Balaban J connectivity index is 2.24. The van der Waals surface area contributed by atoms with E-state index in [1.54, 1.807) is 12.1 Å². The lowest BCUT2D eigenvalue weighted by molar-refractivity contribution is 0.112. The first-order valence-electron chi connectivity index (χ1n) is 5.59. The molecule has 3 heteroatoms. The number of aromatic amines is 1. The molecule has 82 valence electrons. The third-order valence-corrected chi connectivity index (χ3v) is 3.48. The zero-order valence-electron chi connectivity index (χ0n) is 8.86. The number of phenolic OH excluding ortho intramolecular Hbond substituents is 1. The Kier molecular flexibility index (Phi) is 1.99. The first-order chi connectivity index (χ1) is 7.79. The molecule has 1 fully saturated rings. The van der Waals surface area contributed by atoms with E-state index in [2.05, 4.69) is 4.98 Å². The van der Waals surface area contributed by atoms with E-state index in [0.29, 0.717) is 5.92 Å². The van der Waals surface area contributed by atoms with Gasteiger partial charge in [-0.3, -0.25) is 4.79 Å². The van der Waals surface area contributed by atoms with Gasteiger partial charge in [0.1, 0.15) is 5.75 Å². The van der Waals surface area contributed by atoms with Crippen molar-refractivity contribution in [3.63, 3.8) is 0 Å². The number of hydrogen-bond acceptors (Lipinski definition) is 2. The fourth-order valence-corrected chi connectivity index (χ4v) is 2.37. The van der Waals surface area contributed by atoms with Gasteiger partial charge in [-0.25, -0.2) is 0 Å². The summed E-state index contributed by atoms with van der Waals surface area (Å²) in [6.45, 7) is 0. The van der Waals surface area contributed by atoms with Gasteiger partial charge in [0, 0.05) is 22.2 Å². The van der Waals surface area contributed by atoms with E-state index < -0.39 is 0 Å². The van der Waals surface area contributed by atoms with Crippen molar-refractivity contribution in [1.82, 2.24) is 4.98 Å². The first kappa shape index (κ1) is 9.46. The molecule has 1 aliphatic rings. The maximum absolute atomic E-state index is 11.2. The van der Waals surface area contributed by atoms with Crippen LogP contribution in [-0.4, -0.2) is 16.4 Å². The highest BCUT2D eigenvalue weighted by Gasteiger charge is 2.25. The minimum atomic E-state index is 0.203. The van der Waals surface area contributed by atoms with Gasteiger partial charge >= 0.3 is 0 Å². The fraction of sp³-hybridized carbons (Fsp3) is 0.308. The van der Waals surface area contributed by atoms with Crippen LogP contribution >= 0.6 is 0 Å². The van der Waals surface area contributed by atoms with Crippen molar-refractivity contribution in [3.8, 4) is 5.75 Å². The van der Waals surface area contributed by atoms with Crippen molar-refractivity contribution in [1.29, 1.82) is 0 Å². The summed E-state index contributed by atoms with van der Waals surface area (Å²) in [5.74, 6) is 0.699. The van der Waals surface area contributed by atoms with Gasteiger partial charge in [-0.15, -0.1) is 0 Å². The van der Waals surface area contributed by atoms with Crippen LogP contribution in [0.4, 0.5) is 0 Å². The molecule has 3 rings (SSSR count). The molecule has 0 radical (unpaired) electrons. The Bertz CT molecular complexity index is 552. The van der Waals surface area contributed by atoms with Gasteiger partial charge in [0.25, 0.3) is 0 Å². The van der Waals surface area contributed by atoms with E-state index in [1.807, 2.05) is 6.07 Å². The predicted molar refractivity (Wildman–Crippen MR) is 61.9 cm³/mol. The normalized spacial score (nSPS) is 16.2. The number of rotatable bonds is 2. The number of phenols is 1. The van der Waals surface area contributed by atoms with Gasteiger partial charge in [-0.2, -0.15) is 0 Å². The summed E-state index contributed by atoms with van der Waals surface area (Å²) in [4.78, 5) is 14.5. The van der Waals surface area contributed by atoms with Crippen LogP contribution in [0.5, 0.6) is 5.75 Å². The van der Waals surface area contributed by atoms with E-state index in [9.17, 15) is 9.90 Å². The van der Waals surface area contributed by atoms with Crippen molar-refractivity contribution in [3.05, 3.63) is 29.5 Å². The van der Waals surface area contributed by atoms with Crippen LogP contribution in [-0.2, 0) is 0 Å². The van der Waals surface area contributed by atoms with Crippen LogP contribution in [0.25, 0.3) is 10.9 Å². The molecule has 1 aromatic carbocycles. The standard InChI is InChI=1S/C13H13NO2/c15-7-11-10-6-9(16)4-5-12(10)14-13(11)8-2-1-3-8/h4-8,14,16H,1-3H2. The lowest BCUT2D eigenvalue weighted by Gasteiger charge is -2.24. The molecule has 1 saturated carbocycles. The van der Waals surface area contributed by atoms with Crippen molar-refractivity contribution >= 4 is 17.2 Å². The van der Waals surface area contributed by atoms with Crippen LogP contribution < -0.4 is 0 Å². The number of carbonyl (C=O) groups excluding carboxylic acids is 1. The molecular formula is C13H13NO2. The summed E-state index contributed by atoms with van der Waals surface area (Å²) in [5, 5.41) is 10.3. The molecule has 0 bridgehead atoms. The number of fused-ring (bicyclic) bond motifs is 1. The lowest BCUT2D eigenvalue weighted by atomic mass is 9.81. The van der Waals surface area contributed by atoms with Crippen molar-refractivity contribution < 1.29 is 9.90 Å². The van der Waals surface area contributed by atoms with E-state index in [4.69, 9.17) is 0 Å². The summed E-state index contributed by atoms with van der Waals surface area (Å²) in [5.41, 5.74) is 2.69. The van der Waals surface area contributed by atoms with Crippen LogP contribution in [0.1, 0.15) is 41.2 Å². The second-order valence-corrected chi connectivity index (χ2v) is 4.43. The monoisotopic (exact) mass is 215 g/mol. The van der Waals surface area contributed by atoms with Gasteiger partial charge in [0.2, 0.25) is 0 Å². The number of aromatic hydroxyl groups is 1. The summed E-state index contributed by atoms with van der Waals surface area (Å²) >= 11 is 0. The van der Waals surface area contributed by atoms with E-state index in [0.717, 1.165) is 41.3 Å². The van der Waals surface area contributed by atoms with Crippen LogP contribution in [0.15, 0.2) is 18.2 Å². The lowest BCUT2D eigenvalue weighted by Crippen LogP contribution is -2.10. The summed E-state index contributed by atoms with van der Waals surface area (Å²) in [6, 6.07) is 5.11. The average Bonchev–Trinajstić information content (AvgIpc) is 2.52. The average molecular weight is 215 g/mol. The minimum Gasteiger partial charge on any atom is -0.508 e. The molecule has 1 heterocycles. The van der Waals surface area contributed by atoms with Gasteiger partial charge in [-0.05, 0) is 37.0 Å². The van der Waals surface area contributed by atoms with Crippen molar-refractivity contribution in [2.45, 2.75) is 25.2 Å². The highest BCUT2D eigenvalue weighted by molar-refractivity contribution is 5.99. The topological polar surface area (TPSA) is 53.1 Å². The summed E-state index contributed by atoms with van der Waals surface area (Å²) in [7, 11) is 0. The van der Waals surface area contributed by atoms with Crippen molar-refractivity contribution in [2.24, 2.45) is 0 Å². The number of carbonyl (C=O) groups is 1. The number of nitrogens with one attached hydrogen (secondary N) is 1. The fourth-order valence-electron chi connectivity index (χ4n) is 2.37.